The Morgan fingerprint density at radius 3 is 2.88 bits per heavy atom. The first kappa shape index (κ1) is 17.3. The Kier molecular flexibility index (Phi) is 4.90. The van der Waals surface area contributed by atoms with Crippen LogP contribution in [0.2, 0.25) is 0 Å². The molecule has 1 aliphatic heterocycles. The van der Waals surface area contributed by atoms with Gasteiger partial charge in [-0.15, -0.1) is 11.3 Å². The molecule has 0 aromatic carbocycles. The first-order chi connectivity index (χ1) is 11.4. The summed E-state index contributed by atoms with van der Waals surface area (Å²) in [6, 6.07) is 3.53. The molecule has 10 heteroatoms. The lowest BCUT2D eigenvalue weighted by Gasteiger charge is -2.24. The van der Waals surface area contributed by atoms with Crippen molar-refractivity contribution in [3.8, 4) is 0 Å². The van der Waals surface area contributed by atoms with E-state index in [0.717, 1.165) is 21.9 Å². The second-order valence-electron chi connectivity index (χ2n) is 5.17. The van der Waals surface area contributed by atoms with E-state index in [0.29, 0.717) is 22.3 Å². The Morgan fingerprint density at radius 1 is 1.42 bits per heavy atom. The first-order valence-corrected chi connectivity index (χ1v) is 10.4. The lowest BCUT2D eigenvalue weighted by atomic mass is 10.2. The number of nitrogens with zero attached hydrogens (tertiary/aromatic N) is 2. The van der Waals surface area contributed by atoms with E-state index in [1.165, 1.54) is 34.1 Å². The topological polar surface area (TPSA) is 88.6 Å². The van der Waals surface area contributed by atoms with Gasteiger partial charge in [-0.2, -0.15) is 4.31 Å². The lowest BCUT2D eigenvalue weighted by molar-refractivity contribution is 0.187. The Labute approximate surface area is 148 Å². The predicted molar refractivity (Wildman–Crippen MR) is 93.1 cm³/mol. The molecule has 24 heavy (non-hydrogen) atoms. The minimum atomic E-state index is -3.49. The van der Waals surface area contributed by atoms with Crippen molar-refractivity contribution in [2.75, 3.05) is 19.0 Å². The molecule has 2 aromatic heterocycles. The van der Waals surface area contributed by atoms with Crippen LogP contribution in [0.25, 0.3) is 0 Å². The molecule has 0 aliphatic carbocycles. The molecule has 7 nitrogen and oxygen atoms in total. The molecule has 1 aliphatic rings. The van der Waals surface area contributed by atoms with E-state index in [9.17, 15) is 13.2 Å². The Balaban J connectivity index is 1.80. The van der Waals surface area contributed by atoms with Crippen LogP contribution in [0.5, 0.6) is 0 Å². The van der Waals surface area contributed by atoms with Gasteiger partial charge in [-0.3, -0.25) is 5.32 Å². The van der Waals surface area contributed by atoms with E-state index in [-0.39, 0.29) is 6.54 Å². The minimum absolute atomic E-state index is 0.275. The van der Waals surface area contributed by atoms with Gasteiger partial charge in [0.1, 0.15) is 4.21 Å². The number of methoxy groups -OCH3 is 1. The quantitative estimate of drug-likeness (QED) is 0.871. The van der Waals surface area contributed by atoms with Crippen molar-refractivity contribution in [2.24, 2.45) is 0 Å². The van der Waals surface area contributed by atoms with Crippen LogP contribution in [0.4, 0.5) is 9.93 Å². The monoisotopic (exact) mass is 387 g/mol. The molecule has 0 saturated carbocycles. The summed E-state index contributed by atoms with van der Waals surface area (Å²) >= 11 is 2.59. The zero-order valence-corrected chi connectivity index (χ0v) is 15.7. The average molecular weight is 388 g/mol. The smallest absolute Gasteiger partial charge is 0.413 e. The van der Waals surface area contributed by atoms with Crippen molar-refractivity contribution in [3.63, 3.8) is 0 Å². The van der Waals surface area contributed by atoms with E-state index in [2.05, 4.69) is 15.0 Å². The molecule has 1 amide bonds. The van der Waals surface area contributed by atoms with Gasteiger partial charge in [0.05, 0.1) is 19.3 Å². The number of aryl methyl sites for hydroxylation is 1. The summed E-state index contributed by atoms with van der Waals surface area (Å²) in [5.74, 6) is 0. The van der Waals surface area contributed by atoms with Crippen molar-refractivity contribution in [2.45, 2.75) is 30.5 Å². The third kappa shape index (κ3) is 3.32. The summed E-state index contributed by atoms with van der Waals surface area (Å²) in [5.41, 5.74) is 0.832. The number of ether oxygens (including phenoxy) is 1. The summed E-state index contributed by atoms with van der Waals surface area (Å²) in [7, 11) is -2.21. The van der Waals surface area contributed by atoms with Gasteiger partial charge in [0.15, 0.2) is 5.13 Å². The molecule has 0 bridgehead atoms. The number of fused-ring (bicyclic) bond motifs is 1. The number of rotatable bonds is 4. The average Bonchev–Trinajstić information content (AvgIpc) is 3.20. The zero-order chi connectivity index (χ0) is 17.3. The van der Waals surface area contributed by atoms with Gasteiger partial charge in [-0.1, -0.05) is 18.3 Å². The number of carbonyl (C=O) groups excluding carboxylic acids is 1. The zero-order valence-electron chi connectivity index (χ0n) is 13.2. The lowest BCUT2D eigenvalue weighted by Crippen LogP contribution is -2.35. The number of hydrogen-bond donors (Lipinski definition) is 1. The van der Waals surface area contributed by atoms with Crippen LogP contribution < -0.4 is 5.32 Å². The molecule has 0 atom stereocenters. The van der Waals surface area contributed by atoms with Crippen LogP contribution in [-0.4, -0.2) is 37.5 Å². The molecule has 0 radical (unpaired) electrons. The Hall–Kier alpha value is -1.49. The number of amides is 1. The molecule has 1 N–H and O–H groups in total. The van der Waals surface area contributed by atoms with Crippen LogP contribution in [0.3, 0.4) is 0 Å². The fraction of sp³-hybridized carbons (Fsp3) is 0.429. The molecule has 0 unspecified atom stereocenters. The highest BCUT2D eigenvalue weighted by Gasteiger charge is 2.31. The van der Waals surface area contributed by atoms with Crippen molar-refractivity contribution in [1.29, 1.82) is 0 Å². The number of sulfonamides is 1. The summed E-state index contributed by atoms with van der Waals surface area (Å²) in [6.07, 6.45) is 0.762. The number of thiophene rings is 1. The van der Waals surface area contributed by atoms with E-state index in [1.54, 1.807) is 6.07 Å². The number of anilines is 1. The van der Waals surface area contributed by atoms with Gasteiger partial charge >= 0.3 is 6.09 Å². The molecule has 130 valence electrons. The SMILES string of the molecule is CCc1ccc(S(=O)(=O)N2CCc3nc(NC(=O)OC)sc3C2)s1. The number of aromatic nitrogens is 1. The maximum atomic E-state index is 12.8. The maximum absolute atomic E-state index is 12.8. The number of hydrogen-bond acceptors (Lipinski definition) is 7. The molecule has 0 spiro atoms. The fourth-order valence-electron chi connectivity index (χ4n) is 2.38. The molecule has 3 rings (SSSR count). The fourth-order valence-corrected chi connectivity index (χ4v) is 6.33. The number of carbonyl (C=O) groups is 1. The van der Waals surface area contributed by atoms with E-state index in [1.807, 2.05) is 13.0 Å². The summed E-state index contributed by atoms with van der Waals surface area (Å²) < 4.78 is 32.0. The molecule has 0 fully saturated rings. The van der Waals surface area contributed by atoms with Gasteiger partial charge in [-0.05, 0) is 18.6 Å². The van der Waals surface area contributed by atoms with E-state index >= 15 is 0 Å². The molecule has 3 heterocycles. The van der Waals surface area contributed by atoms with Crippen LogP contribution in [0, 0.1) is 0 Å². The maximum Gasteiger partial charge on any atom is 0.413 e. The van der Waals surface area contributed by atoms with Crippen LogP contribution in [0.1, 0.15) is 22.4 Å². The third-order valence-electron chi connectivity index (χ3n) is 3.67. The molecular weight excluding hydrogens is 370 g/mol. The standard InChI is InChI=1S/C14H17N3O4S3/c1-3-9-4-5-12(22-9)24(19,20)17-7-6-10-11(8-17)23-13(15-10)16-14(18)21-2/h4-5H,3,6-8H2,1-2H3,(H,15,16,18). The summed E-state index contributed by atoms with van der Waals surface area (Å²) in [4.78, 5) is 17.5. The van der Waals surface area contributed by atoms with Gasteiger partial charge in [0.2, 0.25) is 0 Å². The molecular formula is C14H17N3O4S3. The predicted octanol–water partition coefficient (Wildman–Crippen LogP) is 2.69. The van der Waals surface area contributed by atoms with Gasteiger partial charge < -0.3 is 4.74 Å². The first-order valence-electron chi connectivity index (χ1n) is 7.36. The van der Waals surface area contributed by atoms with Crippen molar-refractivity contribution >= 4 is 43.9 Å². The van der Waals surface area contributed by atoms with E-state index < -0.39 is 16.1 Å². The highest BCUT2D eigenvalue weighted by Crippen LogP contribution is 2.33. The van der Waals surface area contributed by atoms with Gasteiger partial charge in [-0.25, -0.2) is 18.2 Å². The second kappa shape index (κ2) is 6.79. The normalized spacial score (nSPS) is 15.1. The highest BCUT2D eigenvalue weighted by atomic mass is 32.2. The van der Waals surface area contributed by atoms with Crippen molar-refractivity contribution in [3.05, 3.63) is 27.6 Å². The largest absolute Gasteiger partial charge is 0.453 e. The Bertz CT molecular complexity index is 856. The van der Waals surface area contributed by atoms with Crippen molar-refractivity contribution in [1.82, 2.24) is 9.29 Å². The third-order valence-corrected chi connectivity index (χ3v) is 8.21. The van der Waals surface area contributed by atoms with Crippen LogP contribution in [0.15, 0.2) is 16.3 Å². The molecule has 2 aromatic rings. The van der Waals surface area contributed by atoms with E-state index in [4.69, 9.17) is 0 Å². The Morgan fingerprint density at radius 2 is 2.21 bits per heavy atom. The van der Waals surface area contributed by atoms with Gasteiger partial charge in [0.25, 0.3) is 10.0 Å². The van der Waals surface area contributed by atoms with Crippen LogP contribution in [-0.2, 0) is 34.1 Å². The summed E-state index contributed by atoms with van der Waals surface area (Å²) in [5, 5.41) is 2.95. The highest BCUT2D eigenvalue weighted by molar-refractivity contribution is 7.91. The minimum Gasteiger partial charge on any atom is -0.453 e. The summed E-state index contributed by atoms with van der Waals surface area (Å²) in [6.45, 7) is 2.66. The van der Waals surface area contributed by atoms with Crippen LogP contribution >= 0.6 is 22.7 Å². The second-order valence-corrected chi connectivity index (χ2v) is 9.59. The number of nitrogens with one attached hydrogen (secondary N) is 1. The van der Waals surface area contributed by atoms with Gasteiger partial charge in [0, 0.05) is 22.7 Å². The number of thiazole rings is 1. The van der Waals surface area contributed by atoms with Crippen molar-refractivity contribution < 1.29 is 17.9 Å². The molecule has 0 saturated heterocycles.